The van der Waals surface area contributed by atoms with Crippen LogP contribution in [-0.2, 0) is 20.8 Å². The molecule has 2 N–H and O–H groups in total. The first-order valence-corrected chi connectivity index (χ1v) is 8.74. The number of carbonyl (C=O) groups excluding carboxylic acids is 2. The van der Waals surface area contributed by atoms with E-state index in [1.807, 2.05) is 30.3 Å². The van der Waals surface area contributed by atoms with Crippen molar-refractivity contribution in [2.75, 3.05) is 13.1 Å². The van der Waals surface area contributed by atoms with Crippen molar-refractivity contribution in [1.29, 1.82) is 0 Å². The number of benzene rings is 1. The summed E-state index contributed by atoms with van der Waals surface area (Å²) in [4.78, 5) is 38.2. The van der Waals surface area contributed by atoms with E-state index in [0.29, 0.717) is 12.5 Å². The molecule has 2 aliphatic rings. The lowest BCUT2D eigenvalue weighted by molar-refractivity contribution is -0.147. The molecule has 1 aliphatic carbocycles. The van der Waals surface area contributed by atoms with Gasteiger partial charge in [-0.15, -0.1) is 0 Å². The van der Waals surface area contributed by atoms with Gasteiger partial charge >= 0.3 is 5.97 Å². The van der Waals surface area contributed by atoms with Crippen LogP contribution in [0.4, 0.5) is 0 Å². The third-order valence-electron chi connectivity index (χ3n) is 5.03. The average molecular weight is 344 g/mol. The minimum atomic E-state index is -1.40. The molecule has 0 spiro atoms. The Labute approximate surface area is 147 Å². The Morgan fingerprint density at radius 1 is 1.28 bits per heavy atom. The van der Waals surface area contributed by atoms with Gasteiger partial charge in [-0.05, 0) is 31.2 Å². The fourth-order valence-electron chi connectivity index (χ4n) is 3.29. The van der Waals surface area contributed by atoms with Gasteiger partial charge in [0.1, 0.15) is 5.54 Å². The fraction of sp³-hybridized carbons (Fsp3) is 0.526. The largest absolute Gasteiger partial charge is 0.480 e. The number of aliphatic carboxylic acids is 1. The van der Waals surface area contributed by atoms with Crippen molar-refractivity contribution in [3.8, 4) is 0 Å². The topological polar surface area (TPSA) is 86.7 Å². The molecule has 0 aromatic heterocycles. The summed E-state index contributed by atoms with van der Waals surface area (Å²) in [5, 5.41) is 12.3. The Bertz CT molecular complexity index is 671. The second-order valence-corrected chi connectivity index (χ2v) is 7.43. The predicted molar refractivity (Wildman–Crippen MR) is 91.7 cm³/mol. The number of nitrogens with one attached hydrogen (secondary N) is 1. The highest BCUT2D eigenvalue weighted by molar-refractivity contribution is 5.92. The minimum absolute atomic E-state index is 0.00728. The summed E-state index contributed by atoms with van der Waals surface area (Å²) in [5.41, 5.74) is -0.559. The molecule has 0 radical (unpaired) electrons. The van der Waals surface area contributed by atoms with Crippen LogP contribution >= 0.6 is 0 Å². The van der Waals surface area contributed by atoms with Crippen LogP contribution in [0.5, 0.6) is 0 Å². The van der Waals surface area contributed by atoms with Crippen molar-refractivity contribution in [2.24, 2.45) is 11.8 Å². The molecule has 1 heterocycles. The van der Waals surface area contributed by atoms with Gasteiger partial charge in [0, 0.05) is 25.9 Å². The molecule has 2 atom stereocenters. The van der Waals surface area contributed by atoms with Gasteiger partial charge in [0.15, 0.2) is 0 Å². The van der Waals surface area contributed by atoms with E-state index in [-0.39, 0.29) is 24.7 Å². The summed E-state index contributed by atoms with van der Waals surface area (Å²) in [5.74, 6) is -1.34. The maximum absolute atomic E-state index is 12.6. The maximum atomic E-state index is 12.6. The molecular formula is C19H24N2O4. The number of hydrogen-bond donors (Lipinski definition) is 2. The van der Waals surface area contributed by atoms with Crippen molar-refractivity contribution < 1.29 is 19.5 Å². The predicted octanol–water partition coefficient (Wildman–Crippen LogP) is 1.45. The molecule has 134 valence electrons. The smallest absolute Gasteiger partial charge is 0.329 e. The number of amides is 2. The number of carbonyl (C=O) groups is 3. The van der Waals surface area contributed by atoms with E-state index in [1.165, 1.54) is 6.92 Å². The lowest BCUT2D eigenvalue weighted by atomic mass is 9.91. The van der Waals surface area contributed by atoms with Crippen molar-refractivity contribution in [2.45, 2.75) is 38.1 Å². The number of nitrogens with zero attached hydrogens (tertiary/aromatic N) is 1. The number of hydrogen-bond acceptors (Lipinski definition) is 3. The molecule has 6 nitrogen and oxygen atoms in total. The number of likely N-dealkylation sites (tertiary alicyclic amines) is 1. The van der Waals surface area contributed by atoms with Crippen LogP contribution in [0.25, 0.3) is 0 Å². The third-order valence-corrected chi connectivity index (χ3v) is 5.03. The standard InChI is InChI=1S/C19H24N2O4/c1-19(18(24)25,10-13-5-3-2-4-6-13)20-17(23)15-9-16(22)21(12-15)11-14-7-8-14/h2-6,14-15H,7-12H2,1H3,(H,20,23)(H,24,25)/t15-,19-/m0/s1. The SMILES string of the molecule is C[C@@](Cc1ccccc1)(NC(=O)[C@H]1CC(=O)N(CC2CC2)C1)C(=O)O. The minimum Gasteiger partial charge on any atom is -0.480 e. The zero-order valence-electron chi connectivity index (χ0n) is 14.4. The van der Waals surface area contributed by atoms with Crippen LogP contribution < -0.4 is 5.32 Å². The molecule has 0 bridgehead atoms. The zero-order valence-corrected chi connectivity index (χ0v) is 14.4. The van der Waals surface area contributed by atoms with Crippen LogP contribution in [-0.4, -0.2) is 46.4 Å². The van der Waals surface area contributed by atoms with Gasteiger partial charge in [-0.2, -0.15) is 0 Å². The fourth-order valence-corrected chi connectivity index (χ4v) is 3.29. The molecule has 6 heteroatoms. The van der Waals surface area contributed by atoms with Crippen LogP contribution in [0.1, 0.15) is 31.7 Å². The number of carboxylic acid groups (broad SMARTS) is 1. The molecule has 1 aliphatic heterocycles. The van der Waals surface area contributed by atoms with Crippen LogP contribution in [0.15, 0.2) is 30.3 Å². The van der Waals surface area contributed by atoms with Crippen LogP contribution in [0.3, 0.4) is 0 Å². The van der Waals surface area contributed by atoms with E-state index in [2.05, 4.69) is 5.32 Å². The van der Waals surface area contributed by atoms with Gasteiger partial charge in [0.05, 0.1) is 5.92 Å². The second-order valence-electron chi connectivity index (χ2n) is 7.43. The molecule has 2 fully saturated rings. The van der Waals surface area contributed by atoms with Crippen molar-refractivity contribution in [3.63, 3.8) is 0 Å². The van der Waals surface area contributed by atoms with E-state index in [4.69, 9.17) is 0 Å². The number of rotatable bonds is 7. The quantitative estimate of drug-likeness (QED) is 0.784. The van der Waals surface area contributed by atoms with Crippen LogP contribution in [0.2, 0.25) is 0 Å². The molecule has 2 amide bonds. The number of carboxylic acids is 1. The summed E-state index contributed by atoms with van der Waals surface area (Å²) in [6, 6.07) is 9.21. The van der Waals surface area contributed by atoms with Gasteiger partial charge in [-0.3, -0.25) is 9.59 Å². The Balaban J connectivity index is 1.64. The van der Waals surface area contributed by atoms with E-state index < -0.39 is 17.4 Å². The Morgan fingerprint density at radius 3 is 2.56 bits per heavy atom. The lowest BCUT2D eigenvalue weighted by Gasteiger charge is -2.28. The Kier molecular flexibility index (Phi) is 4.79. The highest BCUT2D eigenvalue weighted by Crippen LogP contribution is 2.32. The molecule has 25 heavy (non-hydrogen) atoms. The van der Waals surface area contributed by atoms with E-state index in [9.17, 15) is 19.5 Å². The van der Waals surface area contributed by atoms with Crippen molar-refractivity contribution >= 4 is 17.8 Å². The van der Waals surface area contributed by atoms with E-state index >= 15 is 0 Å². The average Bonchev–Trinajstić information content (AvgIpc) is 3.30. The first kappa shape index (κ1) is 17.5. The van der Waals surface area contributed by atoms with Crippen molar-refractivity contribution in [3.05, 3.63) is 35.9 Å². The summed E-state index contributed by atoms with van der Waals surface area (Å²) in [6.45, 7) is 2.63. The summed E-state index contributed by atoms with van der Waals surface area (Å²) >= 11 is 0. The molecular weight excluding hydrogens is 320 g/mol. The van der Waals surface area contributed by atoms with Gasteiger partial charge in [0.25, 0.3) is 0 Å². The summed E-state index contributed by atoms with van der Waals surface area (Å²) in [6.07, 6.45) is 2.66. The van der Waals surface area contributed by atoms with Gasteiger partial charge in [0.2, 0.25) is 11.8 Å². The summed E-state index contributed by atoms with van der Waals surface area (Å²) < 4.78 is 0. The molecule has 3 rings (SSSR count). The second kappa shape index (κ2) is 6.86. The van der Waals surface area contributed by atoms with E-state index in [1.54, 1.807) is 4.90 Å². The zero-order chi connectivity index (χ0) is 18.0. The van der Waals surface area contributed by atoms with E-state index in [0.717, 1.165) is 24.9 Å². The van der Waals surface area contributed by atoms with Crippen molar-refractivity contribution in [1.82, 2.24) is 10.2 Å². The molecule has 1 saturated heterocycles. The van der Waals surface area contributed by atoms with Gasteiger partial charge in [-0.1, -0.05) is 30.3 Å². The summed E-state index contributed by atoms with van der Waals surface area (Å²) in [7, 11) is 0. The molecule has 1 aromatic rings. The van der Waals surface area contributed by atoms with Crippen LogP contribution in [0, 0.1) is 11.8 Å². The van der Waals surface area contributed by atoms with Gasteiger partial charge in [-0.25, -0.2) is 4.79 Å². The maximum Gasteiger partial charge on any atom is 0.329 e. The normalized spacial score (nSPS) is 22.5. The Hall–Kier alpha value is -2.37. The highest BCUT2D eigenvalue weighted by Gasteiger charge is 2.41. The molecule has 1 saturated carbocycles. The Morgan fingerprint density at radius 2 is 1.96 bits per heavy atom. The first-order chi connectivity index (χ1) is 11.9. The first-order valence-electron chi connectivity index (χ1n) is 8.74. The van der Waals surface area contributed by atoms with Gasteiger partial charge < -0.3 is 15.3 Å². The monoisotopic (exact) mass is 344 g/mol. The molecule has 0 unspecified atom stereocenters. The third kappa shape index (κ3) is 4.18. The highest BCUT2D eigenvalue weighted by atomic mass is 16.4. The molecule has 1 aromatic carbocycles. The lowest BCUT2D eigenvalue weighted by Crippen LogP contribution is -2.55.